The molecule has 26 heavy (non-hydrogen) atoms. The van der Waals surface area contributed by atoms with E-state index in [1.165, 1.54) is 6.42 Å². The summed E-state index contributed by atoms with van der Waals surface area (Å²) in [6.45, 7) is 3.39. The van der Waals surface area contributed by atoms with Gasteiger partial charge in [-0.2, -0.15) is 0 Å². The molecule has 1 aliphatic heterocycles. The fraction of sp³-hybridized carbons (Fsp3) is 0.476. The van der Waals surface area contributed by atoms with Crippen molar-refractivity contribution in [2.75, 3.05) is 13.1 Å². The monoisotopic (exact) mass is 351 g/mol. The standard InChI is InChI=1S/C21H25N3O2/c1-14(21(26)24-12-5-2-6-13-24)22-20(25)19-15-8-3-4-10-17(15)23-18-11-7-9-16(18)19/h3-4,8,10,14H,2,5-7,9,11-13H2,1H3,(H,22,25)/t14-/m1/s1. The van der Waals surface area contributed by atoms with Crippen molar-refractivity contribution in [3.63, 3.8) is 0 Å². The number of carbonyl (C=O) groups excluding carboxylic acids is 2. The van der Waals surface area contributed by atoms with E-state index in [1.807, 2.05) is 29.2 Å². The van der Waals surface area contributed by atoms with Crippen LogP contribution >= 0.6 is 0 Å². The van der Waals surface area contributed by atoms with Gasteiger partial charge in [-0.3, -0.25) is 14.6 Å². The predicted molar refractivity (Wildman–Crippen MR) is 101 cm³/mol. The number of piperidine rings is 1. The predicted octanol–water partition coefficient (Wildman–Crippen LogP) is 2.85. The number of rotatable bonds is 3. The number of aromatic nitrogens is 1. The van der Waals surface area contributed by atoms with Gasteiger partial charge in [-0.1, -0.05) is 18.2 Å². The molecule has 136 valence electrons. The van der Waals surface area contributed by atoms with Gasteiger partial charge in [-0.15, -0.1) is 0 Å². The molecule has 0 spiro atoms. The zero-order valence-electron chi connectivity index (χ0n) is 15.3. The fourth-order valence-electron chi connectivity index (χ4n) is 4.19. The van der Waals surface area contributed by atoms with Gasteiger partial charge < -0.3 is 10.2 Å². The summed E-state index contributed by atoms with van der Waals surface area (Å²) in [6.07, 6.45) is 6.11. The number of carbonyl (C=O) groups is 2. The first-order valence-corrected chi connectivity index (χ1v) is 9.65. The van der Waals surface area contributed by atoms with Gasteiger partial charge in [-0.05, 0) is 57.1 Å². The second-order valence-corrected chi connectivity index (χ2v) is 7.36. The van der Waals surface area contributed by atoms with Crippen LogP contribution in [-0.4, -0.2) is 40.8 Å². The van der Waals surface area contributed by atoms with E-state index in [2.05, 4.69) is 5.32 Å². The smallest absolute Gasteiger partial charge is 0.252 e. The van der Waals surface area contributed by atoms with E-state index in [4.69, 9.17) is 4.98 Å². The molecular formula is C21H25N3O2. The van der Waals surface area contributed by atoms with Crippen LogP contribution in [0, 0.1) is 0 Å². The molecule has 1 aromatic carbocycles. The quantitative estimate of drug-likeness (QED) is 0.925. The Hall–Kier alpha value is -2.43. The first kappa shape index (κ1) is 17.0. The normalized spacial score (nSPS) is 17.8. The van der Waals surface area contributed by atoms with E-state index in [0.717, 1.165) is 67.4 Å². The topological polar surface area (TPSA) is 62.3 Å². The van der Waals surface area contributed by atoms with Crippen LogP contribution in [0.2, 0.25) is 0 Å². The zero-order chi connectivity index (χ0) is 18.1. The van der Waals surface area contributed by atoms with E-state index in [0.29, 0.717) is 5.56 Å². The number of benzene rings is 1. The lowest BCUT2D eigenvalue weighted by molar-refractivity contribution is -0.133. The molecule has 1 aromatic heterocycles. The Bertz CT molecular complexity index is 856. The molecule has 2 aliphatic rings. The van der Waals surface area contributed by atoms with Crippen LogP contribution < -0.4 is 5.32 Å². The molecule has 2 aromatic rings. The number of hydrogen-bond acceptors (Lipinski definition) is 3. The van der Waals surface area contributed by atoms with E-state index < -0.39 is 6.04 Å². The molecule has 0 bridgehead atoms. The summed E-state index contributed by atoms with van der Waals surface area (Å²) in [4.78, 5) is 32.4. The SMILES string of the molecule is C[C@@H](NC(=O)c1c2c(nc3ccccc13)CCC2)C(=O)N1CCCCC1. The maximum absolute atomic E-state index is 13.1. The number of amides is 2. The molecule has 1 N–H and O–H groups in total. The van der Waals surface area contributed by atoms with E-state index in [-0.39, 0.29) is 11.8 Å². The molecule has 2 amide bonds. The third-order valence-electron chi connectivity index (χ3n) is 5.53. The second kappa shape index (κ2) is 7.06. The van der Waals surface area contributed by atoms with Crippen LogP contribution in [0.5, 0.6) is 0 Å². The Morgan fingerprint density at radius 2 is 1.85 bits per heavy atom. The van der Waals surface area contributed by atoms with Crippen LogP contribution in [0.3, 0.4) is 0 Å². The molecule has 0 saturated carbocycles. The number of hydrogen-bond donors (Lipinski definition) is 1. The lowest BCUT2D eigenvalue weighted by Gasteiger charge is -2.29. The Balaban J connectivity index is 1.61. The minimum atomic E-state index is -0.510. The van der Waals surface area contributed by atoms with Gasteiger partial charge >= 0.3 is 0 Å². The van der Waals surface area contributed by atoms with Crippen molar-refractivity contribution < 1.29 is 9.59 Å². The molecule has 5 nitrogen and oxygen atoms in total. The molecule has 0 unspecified atom stereocenters. The number of para-hydroxylation sites is 1. The molecule has 0 radical (unpaired) electrons. The van der Waals surface area contributed by atoms with Crippen molar-refractivity contribution >= 4 is 22.7 Å². The highest BCUT2D eigenvalue weighted by Gasteiger charge is 2.27. The summed E-state index contributed by atoms with van der Waals surface area (Å²) >= 11 is 0. The molecule has 1 aliphatic carbocycles. The highest BCUT2D eigenvalue weighted by Crippen LogP contribution is 2.30. The fourth-order valence-corrected chi connectivity index (χ4v) is 4.19. The van der Waals surface area contributed by atoms with E-state index >= 15 is 0 Å². The average molecular weight is 351 g/mol. The highest BCUT2D eigenvalue weighted by atomic mass is 16.2. The number of nitrogens with one attached hydrogen (secondary N) is 1. The second-order valence-electron chi connectivity index (χ2n) is 7.36. The summed E-state index contributed by atoms with van der Waals surface area (Å²) in [5, 5.41) is 3.84. The van der Waals surface area contributed by atoms with Crippen molar-refractivity contribution in [2.24, 2.45) is 0 Å². The summed E-state index contributed by atoms with van der Waals surface area (Å²) in [6, 6.07) is 7.27. The number of likely N-dealkylation sites (tertiary alicyclic amines) is 1. The number of fused-ring (bicyclic) bond motifs is 2. The van der Waals surface area contributed by atoms with Gasteiger partial charge in [0.05, 0.1) is 11.1 Å². The molecular weight excluding hydrogens is 326 g/mol. The summed E-state index contributed by atoms with van der Waals surface area (Å²) in [7, 11) is 0. The molecule has 1 fully saturated rings. The van der Waals surface area contributed by atoms with E-state index in [1.54, 1.807) is 6.92 Å². The lowest BCUT2D eigenvalue weighted by Crippen LogP contribution is -2.48. The Morgan fingerprint density at radius 3 is 2.65 bits per heavy atom. The third-order valence-corrected chi connectivity index (χ3v) is 5.53. The van der Waals surface area contributed by atoms with E-state index in [9.17, 15) is 9.59 Å². The molecule has 1 atom stereocenters. The van der Waals surface area contributed by atoms with Crippen molar-refractivity contribution in [3.05, 3.63) is 41.1 Å². The van der Waals surface area contributed by atoms with Crippen LogP contribution in [0.1, 0.15) is 54.2 Å². The van der Waals surface area contributed by atoms with Crippen LogP contribution in [0.4, 0.5) is 0 Å². The van der Waals surface area contributed by atoms with Crippen LogP contribution in [0.15, 0.2) is 24.3 Å². The first-order chi connectivity index (χ1) is 12.6. The van der Waals surface area contributed by atoms with Crippen molar-refractivity contribution in [1.29, 1.82) is 0 Å². The van der Waals surface area contributed by atoms with Gasteiger partial charge in [0.2, 0.25) is 5.91 Å². The Kier molecular flexibility index (Phi) is 4.62. The van der Waals surface area contributed by atoms with Gasteiger partial charge in [0.1, 0.15) is 6.04 Å². The minimum Gasteiger partial charge on any atom is -0.341 e. The van der Waals surface area contributed by atoms with Gasteiger partial charge in [0.15, 0.2) is 0 Å². The maximum atomic E-state index is 13.1. The van der Waals surface area contributed by atoms with Crippen LogP contribution in [0.25, 0.3) is 10.9 Å². The number of aryl methyl sites for hydroxylation is 1. The third kappa shape index (κ3) is 3.06. The van der Waals surface area contributed by atoms with Gasteiger partial charge in [0.25, 0.3) is 5.91 Å². The maximum Gasteiger partial charge on any atom is 0.252 e. The van der Waals surface area contributed by atoms with Crippen molar-refractivity contribution in [3.8, 4) is 0 Å². The lowest BCUT2D eigenvalue weighted by atomic mass is 10.00. The molecule has 4 rings (SSSR count). The largest absolute Gasteiger partial charge is 0.341 e. The Morgan fingerprint density at radius 1 is 1.08 bits per heavy atom. The summed E-state index contributed by atoms with van der Waals surface area (Å²) in [5.41, 5.74) is 3.65. The summed E-state index contributed by atoms with van der Waals surface area (Å²) in [5.74, 6) is -0.132. The molecule has 1 saturated heterocycles. The molecule has 5 heteroatoms. The Labute approximate surface area is 153 Å². The number of pyridine rings is 1. The first-order valence-electron chi connectivity index (χ1n) is 9.65. The zero-order valence-corrected chi connectivity index (χ0v) is 15.3. The minimum absolute atomic E-state index is 0.0213. The van der Waals surface area contributed by atoms with Gasteiger partial charge in [-0.25, -0.2) is 0 Å². The highest BCUT2D eigenvalue weighted by molar-refractivity contribution is 6.09. The van der Waals surface area contributed by atoms with Gasteiger partial charge in [0, 0.05) is 24.2 Å². The molecule has 2 heterocycles. The summed E-state index contributed by atoms with van der Waals surface area (Å²) < 4.78 is 0. The van der Waals surface area contributed by atoms with Crippen molar-refractivity contribution in [1.82, 2.24) is 15.2 Å². The van der Waals surface area contributed by atoms with Crippen LogP contribution in [-0.2, 0) is 17.6 Å². The number of nitrogens with zero attached hydrogens (tertiary/aromatic N) is 2. The average Bonchev–Trinajstić information content (AvgIpc) is 3.13. The van der Waals surface area contributed by atoms with Crippen molar-refractivity contribution in [2.45, 2.75) is 51.5 Å².